The van der Waals surface area contributed by atoms with Gasteiger partial charge in [0.2, 0.25) is 5.91 Å². The molecule has 0 bridgehead atoms. The average molecular weight is 452 g/mol. The molecule has 4 aliphatic carbocycles. The Hall–Kier alpha value is -0.260. The molecule has 0 aliphatic heterocycles. The van der Waals surface area contributed by atoms with Crippen LogP contribution in [-0.2, 0) is 4.79 Å². The maximum absolute atomic E-state index is 12.1. The van der Waals surface area contributed by atoms with E-state index in [1.807, 2.05) is 0 Å². The summed E-state index contributed by atoms with van der Waals surface area (Å²) < 4.78 is 0. The Balaban J connectivity index is 1.46. The molecule has 10 atom stereocenters. The molecule has 0 aromatic heterocycles. The van der Waals surface area contributed by atoms with Crippen LogP contribution in [0.3, 0.4) is 0 Å². The lowest BCUT2D eigenvalue weighted by atomic mass is 9.43. The van der Waals surface area contributed by atoms with Crippen LogP contribution >= 0.6 is 12.6 Å². The first kappa shape index (κ1) is 23.9. The highest BCUT2D eigenvalue weighted by Gasteiger charge is 2.62. The molecule has 178 valence electrons. The highest BCUT2D eigenvalue weighted by molar-refractivity contribution is 7.80. The second kappa shape index (κ2) is 9.18. The normalized spacial score (nSPS) is 47.7. The highest BCUT2D eigenvalue weighted by atomic mass is 32.1. The Labute approximate surface area is 194 Å². The second-order valence-corrected chi connectivity index (χ2v) is 12.5. The summed E-state index contributed by atoms with van der Waals surface area (Å²) in [4.78, 5) is 12.1. The fourth-order valence-electron chi connectivity index (χ4n) is 9.02. The first-order valence-corrected chi connectivity index (χ1v) is 13.6. The van der Waals surface area contributed by atoms with E-state index >= 15 is 0 Å². The summed E-state index contributed by atoms with van der Waals surface area (Å²) in [7, 11) is 0. The summed E-state index contributed by atoms with van der Waals surface area (Å²) in [6.45, 7) is 7.99. The lowest BCUT2D eigenvalue weighted by Gasteiger charge is -2.62. The van der Waals surface area contributed by atoms with E-state index in [4.69, 9.17) is 0 Å². The number of aliphatic hydroxyl groups excluding tert-OH is 2. The van der Waals surface area contributed by atoms with E-state index < -0.39 is 0 Å². The smallest absolute Gasteiger partial charge is 0.220 e. The number of hydrogen-bond acceptors (Lipinski definition) is 4. The number of thiol groups is 1. The van der Waals surface area contributed by atoms with Crippen molar-refractivity contribution in [3.8, 4) is 0 Å². The van der Waals surface area contributed by atoms with E-state index in [9.17, 15) is 15.0 Å². The van der Waals surface area contributed by atoms with Crippen molar-refractivity contribution in [2.24, 2.45) is 46.3 Å². The van der Waals surface area contributed by atoms with Crippen molar-refractivity contribution in [2.45, 2.75) is 97.2 Å². The minimum Gasteiger partial charge on any atom is -0.393 e. The zero-order valence-electron chi connectivity index (χ0n) is 19.9. The van der Waals surface area contributed by atoms with Gasteiger partial charge in [0.25, 0.3) is 0 Å². The summed E-state index contributed by atoms with van der Waals surface area (Å²) in [6.07, 6.45) is 9.98. The Morgan fingerprint density at radius 3 is 2.52 bits per heavy atom. The van der Waals surface area contributed by atoms with Crippen molar-refractivity contribution < 1.29 is 15.0 Å². The van der Waals surface area contributed by atoms with Gasteiger partial charge in [0, 0.05) is 18.7 Å². The summed E-state index contributed by atoms with van der Waals surface area (Å²) in [5.74, 6) is 4.15. The molecule has 0 aromatic carbocycles. The summed E-state index contributed by atoms with van der Waals surface area (Å²) in [5, 5.41) is 24.6. The molecular formula is C26H45NO3S. The highest BCUT2D eigenvalue weighted by Crippen LogP contribution is 2.68. The Morgan fingerprint density at radius 1 is 1.06 bits per heavy atom. The monoisotopic (exact) mass is 451 g/mol. The van der Waals surface area contributed by atoms with Gasteiger partial charge < -0.3 is 15.5 Å². The van der Waals surface area contributed by atoms with Crippen LogP contribution in [0.2, 0.25) is 0 Å². The molecule has 4 aliphatic rings. The van der Waals surface area contributed by atoms with Gasteiger partial charge in [-0.2, -0.15) is 12.6 Å². The van der Waals surface area contributed by atoms with Crippen molar-refractivity contribution in [3.05, 3.63) is 0 Å². The molecule has 4 nitrogen and oxygen atoms in total. The molecule has 4 fully saturated rings. The number of rotatable bonds is 6. The first-order valence-electron chi connectivity index (χ1n) is 12.9. The number of hydrogen-bond donors (Lipinski definition) is 4. The minimum atomic E-state index is -0.209. The van der Waals surface area contributed by atoms with Crippen molar-refractivity contribution in [2.75, 3.05) is 12.3 Å². The van der Waals surface area contributed by atoms with Crippen LogP contribution in [0.4, 0.5) is 0 Å². The van der Waals surface area contributed by atoms with E-state index in [2.05, 4.69) is 38.7 Å². The first-order chi connectivity index (χ1) is 14.7. The molecule has 31 heavy (non-hydrogen) atoms. The van der Waals surface area contributed by atoms with Crippen LogP contribution in [0.25, 0.3) is 0 Å². The summed E-state index contributed by atoms with van der Waals surface area (Å²) in [6, 6.07) is 0. The molecule has 4 rings (SSSR count). The number of carbonyl (C=O) groups is 1. The molecule has 0 aromatic rings. The van der Waals surface area contributed by atoms with Crippen LogP contribution < -0.4 is 5.32 Å². The fraction of sp³-hybridized carbons (Fsp3) is 0.962. The molecule has 1 amide bonds. The van der Waals surface area contributed by atoms with Gasteiger partial charge in [0.1, 0.15) is 0 Å². The van der Waals surface area contributed by atoms with Gasteiger partial charge in [-0.25, -0.2) is 0 Å². The van der Waals surface area contributed by atoms with Gasteiger partial charge in [-0.1, -0.05) is 20.8 Å². The summed E-state index contributed by atoms with van der Waals surface area (Å²) >= 11 is 4.17. The van der Waals surface area contributed by atoms with Gasteiger partial charge in [-0.3, -0.25) is 4.79 Å². The maximum atomic E-state index is 12.1. The molecule has 0 saturated heterocycles. The molecule has 0 heterocycles. The lowest BCUT2D eigenvalue weighted by molar-refractivity contribution is -0.174. The quantitative estimate of drug-likeness (QED) is 0.451. The minimum absolute atomic E-state index is 0.158. The predicted molar refractivity (Wildman–Crippen MR) is 128 cm³/mol. The Morgan fingerprint density at radius 2 is 1.77 bits per heavy atom. The van der Waals surface area contributed by atoms with Gasteiger partial charge >= 0.3 is 0 Å². The number of fused-ring (bicyclic) bond motifs is 5. The van der Waals surface area contributed by atoms with E-state index in [0.717, 1.165) is 32.1 Å². The molecule has 0 spiro atoms. The molecule has 4 saturated carbocycles. The van der Waals surface area contributed by atoms with Crippen molar-refractivity contribution in [3.63, 3.8) is 0 Å². The van der Waals surface area contributed by atoms with Crippen molar-refractivity contribution >= 4 is 18.5 Å². The van der Waals surface area contributed by atoms with Gasteiger partial charge in [-0.05, 0) is 104 Å². The Bertz CT molecular complexity index is 659. The molecule has 5 heteroatoms. The molecule has 0 unspecified atom stereocenters. The number of aliphatic hydroxyl groups is 2. The van der Waals surface area contributed by atoms with E-state index in [1.165, 1.54) is 25.7 Å². The topological polar surface area (TPSA) is 69.6 Å². The fourth-order valence-corrected chi connectivity index (χ4v) is 9.13. The summed E-state index contributed by atoms with van der Waals surface area (Å²) in [5.41, 5.74) is 0.583. The van der Waals surface area contributed by atoms with E-state index in [0.29, 0.717) is 65.1 Å². The number of carbonyl (C=O) groups excluding carboxylic acids is 1. The van der Waals surface area contributed by atoms with Crippen LogP contribution in [-0.4, -0.2) is 40.6 Å². The van der Waals surface area contributed by atoms with Crippen LogP contribution in [0.5, 0.6) is 0 Å². The average Bonchev–Trinajstić information content (AvgIpc) is 3.09. The van der Waals surface area contributed by atoms with Crippen LogP contribution in [0.15, 0.2) is 0 Å². The largest absolute Gasteiger partial charge is 0.393 e. The van der Waals surface area contributed by atoms with Crippen LogP contribution in [0.1, 0.15) is 85.0 Å². The zero-order chi connectivity index (χ0) is 22.4. The third kappa shape index (κ3) is 4.21. The maximum Gasteiger partial charge on any atom is 0.220 e. The predicted octanol–water partition coefficient (Wildman–Crippen LogP) is 4.44. The SMILES string of the molecule is C[C@H](CCC(=O)NCCS)[C@H]1CC[C@H]2[C@@H]3[C@@H](O)C[C@@H]4C[C@H](O)CC[C@]4(C)[C@H]3CC[C@]12C. The van der Waals surface area contributed by atoms with Gasteiger partial charge in [0.15, 0.2) is 0 Å². The molecule has 0 radical (unpaired) electrons. The molecule has 3 N–H and O–H groups in total. The van der Waals surface area contributed by atoms with Crippen molar-refractivity contribution in [1.82, 2.24) is 5.32 Å². The number of amides is 1. The zero-order valence-corrected chi connectivity index (χ0v) is 20.7. The number of nitrogens with one attached hydrogen (secondary N) is 1. The molecular weight excluding hydrogens is 406 g/mol. The van der Waals surface area contributed by atoms with Gasteiger partial charge in [-0.15, -0.1) is 0 Å². The third-order valence-electron chi connectivity index (χ3n) is 10.7. The van der Waals surface area contributed by atoms with E-state index in [1.54, 1.807) is 0 Å². The van der Waals surface area contributed by atoms with Crippen LogP contribution in [0, 0.1) is 46.3 Å². The lowest BCUT2D eigenvalue weighted by Crippen LogP contribution is -2.58. The Kier molecular flexibility index (Phi) is 7.07. The van der Waals surface area contributed by atoms with Crippen molar-refractivity contribution in [1.29, 1.82) is 0 Å². The van der Waals surface area contributed by atoms with E-state index in [-0.39, 0.29) is 18.1 Å². The standard InChI is InChI=1S/C26H45NO3S/c1-16(4-7-23(30)27-12-13-31)19-5-6-20-24-21(9-11-26(19,20)3)25(2)10-8-18(28)14-17(25)15-22(24)29/h16-22,24,28-29,31H,4-15H2,1-3H3,(H,27,30)/t16-,17+,18-,19-,20+,21+,22+,24+,25+,26-/m1/s1. The second-order valence-electron chi connectivity index (χ2n) is 12.0. The third-order valence-corrected chi connectivity index (χ3v) is 10.9. The van der Waals surface area contributed by atoms with Gasteiger partial charge in [0.05, 0.1) is 12.2 Å².